The number of carbonyl (C=O) groups excluding carboxylic acids is 1. The van der Waals surface area contributed by atoms with E-state index >= 15 is 0 Å². The van der Waals surface area contributed by atoms with Crippen molar-refractivity contribution in [2.45, 2.75) is 0 Å². The maximum Gasteiger partial charge on any atom is 0.258 e. The Balaban J connectivity index is 2.19. The summed E-state index contributed by atoms with van der Waals surface area (Å²) < 4.78 is 0.524. The van der Waals surface area contributed by atoms with E-state index in [2.05, 4.69) is 31.2 Å². The molecule has 1 N–H and O–H groups in total. The molecule has 80 valence electrons. The third-order valence-electron chi connectivity index (χ3n) is 1.92. The maximum atomic E-state index is 11.8. The second-order valence-electron chi connectivity index (χ2n) is 3.04. The SMILES string of the molecule is O=C(Nc1cccnc1)c1cccnc1Br. The predicted molar refractivity (Wildman–Crippen MR) is 64.1 cm³/mol. The van der Waals surface area contributed by atoms with Gasteiger partial charge in [-0.05, 0) is 40.2 Å². The van der Waals surface area contributed by atoms with Crippen molar-refractivity contribution in [2.24, 2.45) is 0 Å². The highest BCUT2D eigenvalue weighted by Crippen LogP contribution is 2.14. The Bertz CT molecular complexity index is 502. The fraction of sp³-hybridized carbons (Fsp3) is 0. The van der Waals surface area contributed by atoms with Crippen LogP contribution >= 0.6 is 15.9 Å². The molecule has 0 aliphatic rings. The maximum absolute atomic E-state index is 11.8. The van der Waals surface area contributed by atoms with E-state index in [0.29, 0.717) is 15.9 Å². The highest BCUT2D eigenvalue weighted by Gasteiger charge is 2.09. The molecule has 0 radical (unpaired) electrons. The summed E-state index contributed by atoms with van der Waals surface area (Å²) in [4.78, 5) is 19.7. The molecular weight excluding hydrogens is 270 g/mol. The zero-order valence-corrected chi connectivity index (χ0v) is 9.81. The molecular formula is C11H8BrN3O. The van der Waals surface area contributed by atoms with E-state index in [0.717, 1.165) is 0 Å². The highest BCUT2D eigenvalue weighted by atomic mass is 79.9. The van der Waals surface area contributed by atoms with Crippen LogP contribution in [0.3, 0.4) is 0 Å². The van der Waals surface area contributed by atoms with Crippen LogP contribution in [-0.4, -0.2) is 15.9 Å². The quantitative estimate of drug-likeness (QED) is 0.859. The molecule has 1 amide bonds. The largest absolute Gasteiger partial charge is 0.321 e. The van der Waals surface area contributed by atoms with Crippen molar-refractivity contribution in [3.8, 4) is 0 Å². The van der Waals surface area contributed by atoms with E-state index in [1.165, 1.54) is 0 Å². The first-order valence-corrected chi connectivity index (χ1v) is 5.38. The number of hydrogen-bond acceptors (Lipinski definition) is 3. The van der Waals surface area contributed by atoms with Gasteiger partial charge in [0.25, 0.3) is 5.91 Å². The fourth-order valence-electron chi connectivity index (χ4n) is 1.19. The summed E-state index contributed by atoms with van der Waals surface area (Å²) in [6, 6.07) is 6.94. The van der Waals surface area contributed by atoms with Crippen molar-refractivity contribution in [3.63, 3.8) is 0 Å². The summed E-state index contributed by atoms with van der Waals surface area (Å²) in [6.07, 6.45) is 4.85. The first-order valence-electron chi connectivity index (χ1n) is 4.59. The third-order valence-corrected chi connectivity index (χ3v) is 2.56. The normalized spacial score (nSPS) is 9.81. The lowest BCUT2D eigenvalue weighted by atomic mass is 10.2. The van der Waals surface area contributed by atoms with Gasteiger partial charge in [-0.25, -0.2) is 4.98 Å². The molecule has 2 rings (SSSR count). The van der Waals surface area contributed by atoms with Gasteiger partial charge >= 0.3 is 0 Å². The molecule has 0 aromatic carbocycles. The smallest absolute Gasteiger partial charge is 0.258 e. The van der Waals surface area contributed by atoms with Crippen molar-refractivity contribution in [1.29, 1.82) is 0 Å². The van der Waals surface area contributed by atoms with E-state index in [-0.39, 0.29) is 5.91 Å². The van der Waals surface area contributed by atoms with Crippen molar-refractivity contribution in [3.05, 3.63) is 53.0 Å². The van der Waals surface area contributed by atoms with Gasteiger partial charge in [-0.2, -0.15) is 0 Å². The predicted octanol–water partition coefficient (Wildman–Crippen LogP) is 2.49. The molecule has 2 heterocycles. The fourth-order valence-corrected chi connectivity index (χ4v) is 1.62. The van der Waals surface area contributed by atoms with Gasteiger partial charge in [0.15, 0.2) is 0 Å². The van der Waals surface area contributed by atoms with Gasteiger partial charge in [0.1, 0.15) is 4.60 Å². The van der Waals surface area contributed by atoms with E-state index in [4.69, 9.17) is 0 Å². The molecule has 2 aromatic rings. The summed E-state index contributed by atoms with van der Waals surface area (Å²) in [5.41, 5.74) is 1.15. The molecule has 0 fully saturated rings. The van der Waals surface area contributed by atoms with Crippen LogP contribution in [0.1, 0.15) is 10.4 Å². The molecule has 0 atom stereocenters. The van der Waals surface area contributed by atoms with Crippen LogP contribution in [0.15, 0.2) is 47.5 Å². The first kappa shape index (κ1) is 10.8. The van der Waals surface area contributed by atoms with Gasteiger partial charge in [-0.15, -0.1) is 0 Å². The average Bonchev–Trinajstić information content (AvgIpc) is 2.31. The number of aromatic nitrogens is 2. The van der Waals surface area contributed by atoms with Crippen LogP contribution in [0.25, 0.3) is 0 Å². The number of rotatable bonds is 2. The molecule has 0 aliphatic heterocycles. The number of hydrogen-bond donors (Lipinski definition) is 1. The van der Waals surface area contributed by atoms with Crippen LogP contribution in [0.2, 0.25) is 0 Å². The van der Waals surface area contributed by atoms with E-state index < -0.39 is 0 Å². The number of nitrogens with one attached hydrogen (secondary N) is 1. The molecule has 0 bridgehead atoms. The lowest BCUT2D eigenvalue weighted by Gasteiger charge is -2.05. The average molecular weight is 278 g/mol. The topological polar surface area (TPSA) is 54.9 Å². The second kappa shape index (κ2) is 4.85. The molecule has 5 heteroatoms. The van der Waals surface area contributed by atoms with Crippen LogP contribution < -0.4 is 5.32 Å². The molecule has 0 saturated heterocycles. The Kier molecular flexibility index (Phi) is 3.26. The molecule has 0 unspecified atom stereocenters. The van der Waals surface area contributed by atoms with Gasteiger partial charge in [0.05, 0.1) is 17.4 Å². The summed E-state index contributed by atoms with van der Waals surface area (Å²) in [7, 11) is 0. The Morgan fingerprint density at radius 1 is 1.25 bits per heavy atom. The van der Waals surface area contributed by atoms with E-state index in [1.54, 1.807) is 42.9 Å². The van der Waals surface area contributed by atoms with Gasteiger partial charge in [0.2, 0.25) is 0 Å². The lowest BCUT2D eigenvalue weighted by molar-refractivity contribution is 0.102. The van der Waals surface area contributed by atoms with Crippen molar-refractivity contribution >= 4 is 27.5 Å². The minimum absolute atomic E-state index is 0.215. The molecule has 2 aromatic heterocycles. The minimum Gasteiger partial charge on any atom is -0.321 e. The highest BCUT2D eigenvalue weighted by molar-refractivity contribution is 9.10. The number of anilines is 1. The van der Waals surface area contributed by atoms with Gasteiger partial charge < -0.3 is 5.32 Å². The third kappa shape index (κ3) is 2.43. The van der Waals surface area contributed by atoms with Crippen molar-refractivity contribution in [1.82, 2.24) is 9.97 Å². The first-order chi connectivity index (χ1) is 7.77. The monoisotopic (exact) mass is 277 g/mol. The Hall–Kier alpha value is -1.75. The van der Waals surface area contributed by atoms with Gasteiger partial charge in [0, 0.05) is 12.4 Å². The van der Waals surface area contributed by atoms with Crippen molar-refractivity contribution in [2.75, 3.05) is 5.32 Å². The van der Waals surface area contributed by atoms with E-state index in [1.807, 2.05) is 0 Å². The molecule has 0 saturated carbocycles. The number of nitrogens with zero attached hydrogens (tertiary/aromatic N) is 2. The zero-order chi connectivity index (χ0) is 11.4. The summed E-state index contributed by atoms with van der Waals surface area (Å²) >= 11 is 3.22. The Morgan fingerprint density at radius 3 is 2.75 bits per heavy atom. The molecule has 0 spiro atoms. The number of carbonyl (C=O) groups is 1. The van der Waals surface area contributed by atoms with E-state index in [9.17, 15) is 4.79 Å². The lowest BCUT2D eigenvalue weighted by Crippen LogP contribution is -2.12. The van der Waals surface area contributed by atoms with Gasteiger partial charge in [-0.3, -0.25) is 9.78 Å². The van der Waals surface area contributed by atoms with Crippen LogP contribution in [0.4, 0.5) is 5.69 Å². The molecule has 4 nitrogen and oxygen atoms in total. The van der Waals surface area contributed by atoms with Crippen molar-refractivity contribution < 1.29 is 4.79 Å². The standard InChI is InChI=1S/C11H8BrN3O/c12-10-9(4-2-6-14-10)11(16)15-8-3-1-5-13-7-8/h1-7H,(H,15,16). The molecule has 0 aliphatic carbocycles. The minimum atomic E-state index is -0.215. The van der Waals surface area contributed by atoms with Gasteiger partial charge in [-0.1, -0.05) is 0 Å². The number of amides is 1. The molecule has 16 heavy (non-hydrogen) atoms. The van der Waals surface area contributed by atoms with Crippen LogP contribution in [-0.2, 0) is 0 Å². The Labute approximate surface area is 101 Å². The van der Waals surface area contributed by atoms with Crippen LogP contribution in [0.5, 0.6) is 0 Å². The zero-order valence-electron chi connectivity index (χ0n) is 8.22. The second-order valence-corrected chi connectivity index (χ2v) is 3.79. The van der Waals surface area contributed by atoms with Crippen LogP contribution in [0, 0.1) is 0 Å². The summed E-state index contributed by atoms with van der Waals surface area (Å²) in [5, 5.41) is 2.73. The summed E-state index contributed by atoms with van der Waals surface area (Å²) in [5.74, 6) is -0.215. The Morgan fingerprint density at radius 2 is 2.06 bits per heavy atom. The number of pyridine rings is 2. The number of halogens is 1. The summed E-state index contributed by atoms with van der Waals surface area (Å²) in [6.45, 7) is 0.